The third kappa shape index (κ3) is 3.05. The number of amides is 1. The molecule has 9 heteroatoms. The maximum absolute atomic E-state index is 12.8. The highest BCUT2D eigenvalue weighted by molar-refractivity contribution is 7.17. The molecule has 1 atom stereocenters. The molecular formula is C15H16F3N3O2S. The highest BCUT2D eigenvalue weighted by Crippen LogP contribution is 2.38. The molecule has 24 heavy (non-hydrogen) atoms. The lowest BCUT2D eigenvalue weighted by Crippen LogP contribution is -2.52. The van der Waals surface area contributed by atoms with E-state index in [4.69, 9.17) is 0 Å². The second kappa shape index (κ2) is 6.21. The van der Waals surface area contributed by atoms with E-state index in [1.54, 1.807) is 17.0 Å². The van der Waals surface area contributed by atoms with Gasteiger partial charge in [-0.2, -0.15) is 13.2 Å². The van der Waals surface area contributed by atoms with Crippen LogP contribution in [-0.4, -0.2) is 41.6 Å². The van der Waals surface area contributed by atoms with Gasteiger partial charge in [-0.3, -0.25) is 4.79 Å². The topological polar surface area (TPSA) is 58.4 Å². The monoisotopic (exact) mass is 359 g/mol. The second-order valence-electron chi connectivity index (χ2n) is 5.70. The predicted octanol–water partition coefficient (Wildman–Crippen LogP) is 3.16. The van der Waals surface area contributed by atoms with Gasteiger partial charge in [0.05, 0.1) is 9.75 Å². The Morgan fingerprint density at radius 3 is 2.83 bits per heavy atom. The van der Waals surface area contributed by atoms with E-state index in [0.29, 0.717) is 16.3 Å². The molecule has 0 unspecified atom stereocenters. The van der Waals surface area contributed by atoms with Crippen LogP contribution in [0.3, 0.4) is 0 Å². The third-order valence-electron chi connectivity index (χ3n) is 3.99. The number of thiophene rings is 1. The van der Waals surface area contributed by atoms with Gasteiger partial charge in [0.25, 0.3) is 5.91 Å². The molecule has 0 aromatic carbocycles. The molecule has 1 saturated heterocycles. The van der Waals surface area contributed by atoms with Crippen molar-refractivity contribution in [3.63, 3.8) is 0 Å². The van der Waals surface area contributed by atoms with Crippen LogP contribution >= 0.6 is 11.3 Å². The minimum atomic E-state index is -4.58. The predicted molar refractivity (Wildman–Crippen MR) is 82.9 cm³/mol. The van der Waals surface area contributed by atoms with Gasteiger partial charge < -0.3 is 14.7 Å². The normalized spacial score (nSPS) is 18.9. The van der Waals surface area contributed by atoms with E-state index in [9.17, 15) is 18.0 Å². The van der Waals surface area contributed by atoms with Crippen LogP contribution in [0, 0.1) is 6.92 Å². The Morgan fingerprint density at radius 1 is 1.46 bits per heavy atom. The fourth-order valence-electron chi connectivity index (χ4n) is 2.69. The molecule has 0 bridgehead atoms. The molecule has 0 radical (unpaired) electrons. The lowest BCUT2D eigenvalue weighted by molar-refractivity contribution is -0.156. The summed E-state index contributed by atoms with van der Waals surface area (Å²) in [6.45, 7) is 5.33. The summed E-state index contributed by atoms with van der Waals surface area (Å²) in [5.74, 6) is -1.22. The molecule has 2 aromatic rings. The van der Waals surface area contributed by atoms with Gasteiger partial charge >= 0.3 is 6.18 Å². The summed E-state index contributed by atoms with van der Waals surface area (Å²) in [6, 6.07) is 3.30. The zero-order valence-electron chi connectivity index (χ0n) is 13.1. The maximum Gasteiger partial charge on any atom is 0.452 e. The Kier molecular flexibility index (Phi) is 4.39. The number of aromatic nitrogens is 1. The van der Waals surface area contributed by atoms with Gasteiger partial charge in [-0.05, 0) is 26.0 Å². The molecule has 3 rings (SSSR count). The molecule has 0 saturated carbocycles. The van der Waals surface area contributed by atoms with E-state index < -0.39 is 11.9 Å². The molecular weight excluding hydrogens is 343 g/mol. The standard InChI is InChI=1S/C15H16F3N3O2S/c1-8-7-19-5-6-21(8)14(22)11-4-3-10(24-11)12-9(2)13(23-20-12)15(16,17)18/h3-4,8,19H,5-7H2,1-2H3/t8-/m1/s1. The van der Waals surface area contributed by atoms with Crippen LogP contribution in [0.5, 0.6) is 0 Å². The highest BCUT2D eigenvalue weighted by Gasteiger charge is 2.39. The van der Waals surface area contributed by atoms with Gasteiger partial charge in [0.1, 0.15) is 5.69 Å². The van der Waals surface area contributed by atoms with E-state index in [1.165, 1.54) is 6.92 Å². The first-order valence-electron chi connectivity index (χ1n) is 7.44. The molecule has 1 aliphatic rings. The van der Waals surface area contributed by atoms with Crippen molar-refractivity contribution < 1.29 is 22.5 Å². The summed E-state index contributed by atoms with van der Waals surface area (Å²) in [4.78, 5) is 15.3. The van der Waals surface area contributed by atoms with Crippen LogP contribution in [0.1, 0.15) is 27.9 Å². The second-order valence-corrected chi connectivity index (χ2v) is 6.78. The Bertz CT molecular complexity index is 753. The largest absolute Gasteiger partial charge is 0.452 e. The molecule has 130 valence electrons. The summed E-state index contributed by atoms with van der Waals surface area (Å²) >= 11 is 1.13. The molecule has 1 amide bonds. The zero-order chi connectivity index (χ0) is 17.5. The van der Waals surface area contributed by atoms with Crippen LogP contribution in [0.4, 0.5) is 13.2 Å². The van der Waals surface area contributed by atoms with E-state index in [1.807, 2.05) is 6.92 Å². The van der Waals surface area contributed by atoms with Gasteiger partial charge in [0.2, 0.25) is 5.76 Å². The zero-order valence-corrected chi connectivity index (χ0v) is 13.9. The highest BCUT2D eigenvalue weighted by atomic mass is 32.1. The van der Waals surface area contributed by atoms with Crippen LogP contribution in [0.15, 0.2) is 16.7 Å². The number of hydrogen-bond acceptors (Lipinski definition) is 5. The smallest absolute Gasteiger partial charge is 0.351 e. The number of carbonyl (C=O) groups is 1. The molecule has 1 fully saturated rings. The first-order valence-corrected chi connectivity index (χ1v) is 8.26. The van der Waals surface area contributed by atoms with Crippen LogP contribution in [0.25, 0.3) is 10.6 Å². The summed E-state index contributed by atoms with van der Waals surface area (Å²) < 4.78 is 42.8. The van der Waals surface area contributed by atoms with Crippen LogP contribution < -0.4 is 5.32 Å². The number of alkyl halides is 3. The van der Waals surface area contributed by atoms with Crippen molar-refractivity contribution in [3.05, 3.63) is 28.3 Å². The molecule has 0 spiro atoms. The molecule has 5 nitrogen and oxygen atoms in total. The van der Waals surface area contributed by atoms with Gasteiger partial charge in [0.15, 0.2) is 0 Å². The average molecular weight is 359 g/mol. The summed E-state index contributed by atoms with van der Waals surface area (Å²) in [7, 11) is 0. The van der Waals surface area contributed by atoms with Crippen molar-refractivity contribution >= 4 is 17.2 Å². The van der Waals surface area contributed by atoms with Crippen LogP contribution in [-0.2, 0) is 6.18 Å². The lowest BCUT2D eigenvalue weighted by atomic mass is 10.2. The number of halogens is 3. The van der Waals surface area contributed by atoms with Crippen LogP contribution in [0.2, 0.25) is 0 Å². The summed E-state index contributed by atoms with van der Waals surface area (Å²) in [5, 5.41) is 6.74. The lowest BCUT2D eigenvalue weighted by Gasteiger charge is -2.33. The Hall–Kier alpha value is -1.87. The Balaban J connectivity index is 1.86. The van der Waals surface area contributed by atoms with Crippen molar-refractivity contribution in [1.82, 2.24) is 15.4 Å². The average Bonchev–Trinajstić information content (AvgIpc) is 3.12. The van der Waals surface area contributed by atoms with E-state index in [2.05, 4.69) is 15.0 Å². The molecule has 2 aromatic heterocycles. The van der Waals surface area contributed by atoms with E-state index >= 15 is 0 Å². The SMILES string of the molecule is Cc1c(-c2ccc(C(=O)N3CCNC[C@H]3C)s2)noc1C(F)(F)F. The number of hydrogen-bond donors (Lipinski definition) is 1. The minimum absolute atomic E-state index is 0.0705. The van der Waals surface area contributed by atoms with Crippen molar-refractivity contribution in [2.24, 2.45) is 0 Å². The summed E-state index contributed by atoms with van der Waals surface area (Å²) in [5.41, 5.74) is 0.0543. The van der Waals surface area contributed by atoms with Gasteiger partial charge in [-0.25, -0.2) is 0 Å². The van der Waals surface area contributed by atoms with Gasteiger partial charge in [-0.1, -0.05) is 5.16 Å². The number of piperazine rings is 1. The molecule has 1 N–H and O–H groups in total. The van der Waals surface area contributed by atoms with Gasteiger partial charge in [-0.15, -0.1) is 11.3 Å². The number of carbonyl (C=O) groups excluding carboxylic acids is 1. The third-order valence-corrected chi connectivity index (χ3v) is 5.07. The quantitative estimate of drug-likeness (QED) is 0.895. The maximum atomic E-state index is 12.8. The number of rotatable bonds is 2. The van der Waals surface area contributed by atoms with Gasteiger partial charge in [0, 0.05) is 31.2 Å². The first-order chi connectivity index (χ1) is 11.3. The minimum Gasteiger partial charge on any atom is -0.351 e. The summed E-state index contributed by atoms with van der Waals surface area (Å²) in [6.07, 6.45) is -4.58. The first kappa shape index (κ1) is 17.0. The number of nitrogens with zero attached hydrogens (tertiary/aromatic N) is 2. The number of nitrogens with one attached hydrogen (secondary N) is 1. The molecule has 1 aliphatic heterocycles. The van der Waals surface area contributed by atoms with Crippen molar-refractivity contribution in [2.75, 3.05) is 19.6 Å². The van der Waals surface area contributed by atoms with Crippen molar-refractivity contribution in [3.8, 4) is 10.6 Å². The fourth-order valence-corrected chi connectivity index (χ4v) is 3.69. The Labute approximate surface area is 140 Å². The van der Waals surface area contributed by atoms with Crippen molar-refractivity contribution in [1.29, 1.82) is 0 Å². The van der Waals surface area contributed by atoms with E-state index in [0.717, 1.165) is 24.4 Å². The molecule has 0 aliphatic carbocycles. The van der Waals surface area contributed by atoms with Crippen molar-refractivity contribution in [2.45, 2.75) is 26.1 Å². The fraction of sp³-hybridized carbons (Fsp3) is 0.467. The molecule has 3 heterocycles. The Morgan fingerprint density at radius 2 is 2.21 bits per heavy atom. The van der Waals surface area contributed by atoms with E-state index in [-0.39, 0.29) is 23.2 Å².